The van der Waals surface area contributed by atoms with Crippen molar-refractivity contribution >= 4 is 0 Å². The molecule has 0 fully saturated rings. The number of aryl methyl sites for hydroxylation is 1. The fourth-order valence-electron chi connectivity index (χ4n) is 2.14. The molecule has 1 rings (SSSR count). The maximum atomic E-state index is 13.2. The van der Waals surface area contributed by atoms with Gasteiger partial charge in [-0.1, -0.05) is 19.4 Å². The van der Waals surface area contributed by atoms with Crippen molar-refractivity contribution in [2.75, 3.05) is 13.6 Å². The van der Waals surface area contributed by atoms with Gasteiger partial charge in [0.15, 0.2) is 0 Å². The number of halogens is 1. The van der Waals surface area contributed by atoms with Crippen LogP contribution in [0.4, 0.5) is 4.39 Å². The van der Waals surface area contributed by atoms with E-state index in [0.717, 1.165) is 18.5 Å². The number of hydrogen-bond acceptors (Lipinski definition) is 1. The molecule has 1 nitrogen and oxygen atoms in total. The third-order valence-electron chi connectivity index (χ3n) is 3.01. The van der Waals surface area contributed by atoms with Gasteiger partial charge in [0, 0.05) is 0 Å². The molecule has 0 aliphatic heterocycles. The second kappa shape index (κ2) is 6.64. The van der Waals surface area contributed by atoms with Crippen molar-refractivity contribution in [2.45, 2.75) is 33.1 Å². The highest BCUT2D eigenvalue weighted by Crippen LogP contribution is 2.18. The van der Waals surface area contributed by atoms with Gasteiger partial charge in [0.05, 0.1) is 0 Å². The van der Waals surface area contributed by atoms with E-state index in [1.807, 2.05) is 13.1 Å². The van der Waals surface area contributed by atoms with Gasteiger partial charge in [-0.05, 0) is 62.5 Å². The van der Waals surface area contributed by atoms with Crippen LogP contribution in [0.2, 0.25) is 0 Å². The number of nitrogens with one attached hydrogen (secondary N) is 1. The quantitative estimate of drug-likeness (QED) is 0.780. The number of hydrogen-bond donors (Lipinski definition) is 1. The highest BCUT2D eigenvalue weighted by Gasteiger charge is 2.10. The molecule has 0 saturated heterocycles. The van der Waals surface area contributed by atoms with Crippen molar-refractivity contribution in [3.05, 3.63) is 35.1 Å². The Morgan fingerprint density at radius 3 is 2.75 bits per heavy atom. The zero-order valence-electron chi connectivity index (χ0n) is 10.5. The van der Waals surface area contributed by atoms with Crippen LogP contribution in [0.3, 0.4) is 0 Å². The maximum Gasteiger partial charge on any atom is 0.123 e. The van der Waals surface area contributed by atoms with Crippen LogP contribution >= 0.6 is 0 Å². The van der Waals surface area contributed by atoms with E-state index in [1.54, 1.807) is 6.07 Å². The lowest BCUT2D eigenvalue weighted by atomic mass is 9.92. The molecule has 90 valence electrons. The fourth-order valence-corrected chi connectivity index (χ4v) is 2.14. The molecule has 16 heavy (non-hydrogen) atoms. The van der Waals surface area contributed by atoms with Crippen LogP contribution in [-0.4, -0.2) is 13.6 Å². The monoisotopic (exact) mass is 223 g/mol. The Labute approximate surface area is 98.1 Å². The van der Waals surface area contributed by atoms with Gasteiger partial charge >= 0.3 is 0 Å². The molecular weight excluding hydrogens is 201 g/mol. The normalized spacial score (nSPS) is 12.8. The van der Waals surface area contributed by atoms with Gasteiger partial charge in [0.25, 0.3) is 0 Å². The van der Waals surface area contributed by atoms with Crippen molar-refractivity contribution in [3.63, 3.8) is 0 Å². The molecular formula is C14H22FN. The highest BCUT2D eigenvalue weighted by atomic mass is 19.1. The lowest BCUT2D eigenvalue weighted by Crippen LogP contribution is -2.21. The molecule has 1 N–H and O–H groups in total. The molecule has 0 amide bonds. The van der Waals surface area contributed by atoms with E-state index in [1.165, 1.54) is 24.5 Å². The van der Waals surface area contributed by atoms with Crippen LogP contribution in [0.25, 0.3) is 0 Å². The molecule has 2 heteroatoms. The van der Waals surface area contributed by atoms with E-state index in [9.17, 15) is 4.39 Å². The van der Waals surface area contributed by atoms with E-state index in [0.29, 0.717) is 5.92 Å². The number of rotatable bonds is 6. The van der Waals surface area contributed by atoms with E-state index >= 15 is 0 Å². The predicted molar refractivity (Wildman–Crippen MR) is 67.2 cm³/mol. The Balaban J connectivity index is 2.71. The number of benzene rings is 1. The minimum atomic E-state index is -0.125. The van der Waals surface area contributed by atoms with Gasteiger partial charge in [-0.15, -0.1) is 0 Å². The van der Waals surface area contributed by atoms with Gasteiger partial charge in [-0.2, -0.15) is 0 Å². The third kappa shape index (κ3) is 3.93. The Morgan fingerprint density at radius 2 is 2.12 bits per heavy atom. The molecule has 0 spiro atoms. The summed E-state index contributed by atoms with van der Waals surface area (Å²) in [4.78, 5) is 0. The van der Waals surface area contributed by atoms with Crippen molar-refractivity contribution in [3.8, 4) is 0 Å². The van der Waals surface area contributed by atoms with Gasteiger partial charge in [0.2, 0.25) is 0 Å². The van der Waals surface area contributed by atoms with E-state index in [2.05, 4.69) is 19.2 Å². The average Bonchev–Trinajstić information content (AvgIpc) is 2.24. The smallest absolute Gasteiger partial charge is 0.123 e. The molecule has 0 aliphatic rings. The van der Waals surface area contributed by atoms with Crippen molar-refractivity contribution in [2.24, 2.45) is 5.92 Å². The van der Waals surface area contributed by atoms with Crippen LogP contribution in [0.1, 0.15) is 30.9 Å². The molecule has 0 radical (unpaired) electrons. The summed E-state index contributed by atoms with van der Waals surface area (Å²) in [5, 5.41) is 3.21. The molecule has 0 saturated carbocycles. The average molecular weight is 223 g/mol. The van der Waals surface area contributed by atoms with Crippen LogP contribution in [0.15, 0.2) is 18.2 Å². The Hall–Kier alpha value is -0.890. The molecule has 1 aromatic carbocycles. The predicted octanol–water partition coefficient (Wildman–Crippen LogP) is 3.31. The first-order valence-corrected chi connectivity index (χ1v) is 6.07. The van der Waals surface area contributed by atoms with Crippen molar-refractivity contribution in [1.29, 1.82) is 0 Å². The van der Waals surface area contributed by atoms with Gasteiger partial charge in [-0.3, -0.25) is 0 Å². The maximum absolute atomic E-state index is 13.2. The van der Waals surface area contributed by atoms with Crippen LogP contribution in [0, 0.1) is 18.7 Å². The first kappa shape index (κ1) is 13.2. The summed E-state index contributed by atoms with van der Waals surface area (Å²) >= 11 is 0. The largest absolute Gasteiger partial charge is 0.319 e. The molecule has 1 atom stereocenters. The summed E-state index contributed by atoms with van der Waals surface area (Å²) < 4.78 is 13.2. The minimum absolute atomic E-state index is 0.125. The van der Waals surface area contributed by atoms with Crippen LogP contribution in [-0.2, 0) is 6.42 Å². The molecule has 0 heterocycles. The van der Waals surface area contributed by atoms with Gasteiger partial charge in [0.1, 0.15) is 5.82 Å². The lowest BCUT2D eigenvalue weighted by Gasteiger charge is -2.17. The molecule has 0 aliphatic carbocycles. The Bertz CT molecular complexity index is 317. The summed E-state index contributed by atoms with van der Waals surface area (Å²) in [6.45, 7) is 5.25. The summed E-state index contributed by atoms with van der Waals surface area (Å²) in [6, 6.07) is 5.08. The second-order valence-corrected chi connectivity index (χ2v) is 4.49. The molecule has 1 aromatic rings. The zero-order valence-corrected chi connectivity index (χ0v) is 10.5. The summed E-state index contributed by atoms with van der Waals surface area (Å²) in [6.07, 6.45) is 3.34. The SMILES string of the molecule is CCCC(CNC)Cc1cc(F)ccc1C. The standard InChI is InChI=1S/C14H22FN/c1-4-5-12(10-16-3)8-13-9-14(15)7-6-11(13)2/h6-7,9,12,16H,4-5,8,10H2,1-3H3. The molecule has 0 aromatic heterocycles. The van der Waals surface area contributed by atoms with Gasteiger partial charge < -0.3 is 5.32 Å². The first-order valence-electron chi connectivity index (χ1n) is 6.07. The van der Waals surface area contributed by atoms with E-state index in [-0.39, 0.29) is 5.82 Å². The highest BCUT2D eigenvalue weighted by molar-refractivity contribution is 5.27. The third-order valence-corrected chi connectivity index (χ3v) is 3.01. The van der Waals surface area contributed by atoms with Gasteiger partial charge in [-0.25, -0.2) is 4.39 Å². The zero-order chi connectivity index (χ0) is 12.0. The minimum Gasteiger partial charge on any atom is -0.319 e. The molecule has 1 unspecified atom stereocenters. The Morgan fingerprint density at radius 1 is 1.38 bits per heavy atom. The van der Waals surface area contributed by atoms with E-state index < -0.39 is 0 Å². The lowest BCUT2D eigenvalue weighted by molar-refractivity contribution is 0.454. The fraction of sp³-hybridized carbons (Fsp3) is 0.571. The topological polar surface area (TPSA) is 12.0 Å². The van der Waals surface area contributed by atoms with Crippen molar-refractivity contribution < 1.29 is 4.39 Å². The molecule has 0 bridgehead atoms. The van der Waals surface area contributed by atoms with Crippen molar-refractivity contribution in [1.82, 2.24) is 5.32 Å². The second-order valence-electron chi connectivity index (χ2n) is 4.49. The summed E-state index contributed by atoms with van der Waals surface area (Å²) in [7, 11) is 1.97. The van der Waals surface area contributed by atoms with Crippen LogP contribution in [0.5, 0.6) is 0 Å². The summed E-state index contributed by atoms with van der Waals surface area (Å²) in [5.74, 6) is 0.482. The Kier molecular flexibility index (Phi) is 5.47. The first-order chi connectivity index (χ1) is 7.67. The van der Waals surface area contributed by atoms with E-state index in [4.69, 9.17) is 0 Å². The van der Waals surface area contributed by atoms with Crippen LogP contribution < -0.4 is 5.32 Å². The summed E-state index contributed by atoms with van der Waals surface area (Å²) in [5.41, 5.74) is 2.34.